The van der Waals surface area contributed by atoms with Gasteiger partial charge >= 0.3 is 6.09 Å². The van der Waals surface area contributed by atoms with E-state index in [9.17, 15) is 9.59 Å². The number of ether oxygens (including phenoxy) is 1. The van der Waals surface area contributed by atoms with Gasteiger partial charge in [0.1, 0.15) is 5.60 Å². The zero-order valence-corrected chi connectivity index (χ0v) is 15.1. The van der Waals surface area contributed by atoms with Gasteiger partial charge in [0.25, 0.3) is 0 Å². The quantitative estimate of drug-likeness (QED) is 0.906. The third-order valence-electron chi connectivity index (χ3n) is 4.39. The Morgan fingerprint density at radius 2 is 2.04 bits per heavy atom. The highest BCUT2D eigenvalue weighted by Crippen LogP contribution is 2.32. The first-order valence-corrected chi connectivity index (χ1v) is 8.40. The fourth-order valence-electron chi connectivity index (χ4n) is 3.22. The Morgan fingerprint density at radius 3 is 2.68 bits per heavy atom. The summed E-state index contributed by atoms with van der Waals surface area (Å²) in [6.45, 7) is 6.76. The minimum absolute atomic E-state index is 0.111. The Kier molecular flexibility index (Phi) is 4.18. The molecule has 1 aliphatic heterocycles. The molecule has 2 aromatic rings. The van der Waals surface area contributed by atoms with E-state index in [1.54, 1.807) is 21.7 Å². The molecule has 25 heavy (non-hydrogen) atoms. The summed E-state index contributed by atoms with van der Waals surface area (Å²) >= 11 is 0. The van der Waals surface area contributed by atoms with Crippen LogP contribution in [0, 0.1) is 0 Å². The van der Waals surface area contributed by atoms with E-state index in [2.05, 4.69) is 5.10 Å². The number of rotatable bonds is 2. The van der Waals surface area contributed by atoms with Crippen molar-refractivity contribution in [3.05, 3.63) is 29.5 Å². The van der Waals surface area contributed by atoms with Crippen molar-refractivity contribution >= 4 is 22.9 Å². The molecule has 0 bridgehead atoms. The number of primary amides is 1. The molecule has 0 aliphatic carbocycles. The third kappa shape index (κ3) is 3.45. The molecular formula is C18H24N4O3. The second kappa shape index (κ2) is 6.06. The Balaban J connectivity index is 1.86. The number of amides is 2. The highest BCUT2D eigenvalue weighted by molar-refractivity contribution is 5.97. The molecule has 7 heteroatoms. The maximum Gasteiger partial charge on any atom is 0.410 e. The van der Waals surface area contributed by atoms with Crippen LogP contribution in [0.3, 0.4) is 0 Å². The van der Waals surface area contributed by atoms with Gasteiger partial charge in [-0.2, -0.15) is 5.10 Å². The number of carbonyl (C=O) groups excluding carboxylic acids is 2. The van der Waals surface area contributed by atoms with Crippen molar-refractivity contribution in [2.45, 2.75) is 38.7 Å². The van der Waals surface area contributed by atoms with Crippen LogP contribution in [0.25, 0.3) is 10.9 Å². The van der Waals surface area contributed by atoms with Crippen molar-refractivity contribution in [2.75, 3.05) is 13.1 Å². The standard InChI is InChI=1S/C18H24N4O3/c1-18(2,3)25-17(24)22-8-7-12(10-22)15-13-9-11(16(19)23)5-6-14(13)21(4)20-15/h5-6,9,12H,7-8,10H2,1-4H3,(H2,19,23). The first kappa shape index (κ1) is 17.3. The van der Waals surface area contributed by atoms with Gasteiger partial charge in [-0.3, -0.25) is 9.48 Å². The van der Waals surface area contributed by atoms with E-state index in [1.165, 1.54) is 0 Å². The molecule has 0 radical (unpaired) electrons. The van der Waals surface area contributed by atoms with E-state index in [0.717, 1.165) is 23.0 Å². The summed E-state index contributed by atoms with van der Waals surface area (Å²) in [6, 6.07) is 5.35. The fraction of sp³-hybridized carbons (Fsp3) is 0.500. The van der Waals surface area contributed by atoms with Gasteiger partial charge in [-0.1, -0.05) is 0 Å². The summed E-state index contributed by atoms with van der Waals surface area (Å²) in [4.78, 5) is 25.5. The molecule has 1 saturated heterocycles. The number of carbonyl (C=O) groups is 2. The van der Waals surface area contributed by atoms with Gasteiger partial charge in [-0.25, -0.2) is 4.79 Å². The third-order valence-corrected chi connectivity index (χ3v) is 4.39. The van der Waals surface area contributed by atoms with E-state index in [4.69, 9.17) is 10.5 Å². The van der Waals surface area contributed by atoms with E-state index in [0.29, 0.717) is 18.7 Å². The van der Waals surface area contributed by atoms with Crippen molar-refractivity contribution in [3.63, 3.8) is 0 Å². The molecule has 7 nitrogen and oxygen atoms in total. The molecular weight excluding hydrogens is 320 g/mol. The van der Waals surface area contributed by atoms with Gasteiger partial charge in [0.15, 0.2) is 0 Å². The van der Waals surface area contributed by atoms with Crippen molar-refractivity contribution < 1.29 is 14.3 Å². The topological polar surface area (TPSA) is 90.4 Å². The number of likely N-dealkylation sites (tertiary alicyclic amines) is 1. The lowest BCUT2D eigenvalue weighted by molar-refractivity contribution is 0.0292. The van der Waals surface area contributed by atoms with Crippen molar-refractivity contribution in [2.24, 2.45) is 12.8 Å². The van der Waals surface area contributed by atoms with E-state index < -0.39 is 11.5 Å². The summed E-state index contributed by atoms with van der Waals surface area (Å²) in [7, 11) is 1.87. The monoisotopic (exact) mass is 344 g/mol. The molecule has 0 spiro atoms. The zero-order valence-electron chi connectivity index (χ0n) is 15.1. The maximum atomic E-state index is 12.3. The predicted octanol–water partition coefficient (Wildman–Crippen LogP) is 2.40. The Hall–Kier alpha value is -2.57. The van der Waals surface area contributed by atoms with Crippen LogP contribution in [0.15, 0.2) is 18.2 Å². The maximum absolute atomic E-state index is 12.3. The molecule has 1 aromatic carbocycles. The molecule has 2 amide bonds. The predicted molar refractivity (Wildman–Crippen MR) is 94.4 cm³/mol. The Morgan fingerprint density at radius 1 is 1.32 bits per heavy atom. The minimum atomic E-state index is -0.511. The van der Waals surface area contributed by atoms with Crippen LogP contribution < -0.4 is 5.73 Å². The van der Waals surface area contributed by atoms with Gasteiger partial charge < -0.3 is 15.4 Å². The summed E-state index contributed by atoms with van der Waals surface area (Å²) in [5, 5.41) is 5.54. The number of hydrogen-bond donors (Lipinski definition) is 1. The molecule has 1 aromatic heterocycles. The smallest absolute Gasteiger partial charge is 0.410 e. The normalized spacial score (nSPS) is 17.9. The van der Waals surface area contributed by atoms with E-state index in [-0.39, 0.29) is 12.0 Å². The Bertz CT molecular complexity index is 835. The minimum Gasteiger partial charge on any atom is -0.444 e. The fourth-order valence-corrected chi connectivity index (χ4v) is 3.22. The lowest BCUT2D eigenvalue weighted by Gasteiger charge is -2.24. The highest BCUT2D eigenvalue weighted by Gasteiger charge is 2.32. The lowest BCUT2D eigenvalue weighted by atomic mass is 10.00. The largest absolute Gasteiger partial charge is 0.444 e. The molecule has 0 saturated carbocycles. The van der Waals surface area contributed by atoms with Gasteiger partial charge in [0, 0.05) is 37.0 Å². The van der Waals surface area contributed by atoms with Gasteiger partial charge in [-0.05, 0) is 45.4 Å². The molecule has 2 N–H and O–H groups in total. The van der Waals surface area contributed by atoms with Gasteiger partial charge in [0.2, 0.25) is 5.91 Å². The zero-order chi connectivity index (χ0) is 18.4. The van der Waals surface area contributed by atoms with E-state index >= 15 is 0 Å². The second-order valence-corrected chi connectivity index (χ2v) is 7.52. The summed E-state index contributed by atoms with van der Waals surface area (Å²) in [5.74, 6) is -0.349. The first-order valence-electron chi connectivity index (χ1n) is 8.40. The SMILES string of the molecule is Cn1nc(C2CCN(C(=O)OC(C)(C)C)C2)c2cc(C(N)=O)ccc21. The van der Waals surface area contributed by atoms with Crippen LogP contribution in [0.1, 0.15) is 49.2 Å². The molecule has 1 aliphatic rings. The second-order valence-electron chi connectivity index (χ2n) is 7.52. The van der Waals surface area contributed by atoms with Crippen LogP contribution in [-0.4, -0.2) is 45.4 Å². The number of aromatic nitrogens is 2. The number of nitrogens with zero attached hydrogens (tertiary/aromatic N) is 3. The van der Waals surface area contributed by atoms with Crippen molar-refractivity contribution in [1.82, 2.24) is 14.7 Å². The molecule has 134 valence electrons. The number of benzene rings is 1. The summed E-state index contributed by atoms with van der Waals surface area (Å²) < 4.78 is 7.25. The van der Waals surface area contributed by atoms with Crippen molar-refractivity contribution in [1.29, 1.82) is 0 Å². The summed E-state index contributed by atoms with van der Waals surface area (Å²) in [6.07, 6.45) is 0.514. The van der Waals surface area contributed by atoms with Crippen LogP contribution >= 0.6 is 0 Å². The number of fused-ring (bicyclic) bond motifs is 1. The summed E-state index contributed by atoms with van der Waals surface area (Å²) in [5.41, 5.74) is 7.19. The molecule has 1 atom stereocenters. The molecule has 1 unspecified atom stereocenters. The number of nitrogens with two attached hydrogens (primary N) is 1. The first-order chi connectivity index (χ1) is 11.7. The molecule has 3 rings (SSSR count). The van der Waals surface area contributed by atoms with Crippen LogP contribution in [0.2, 0.25) is 0 Å². The molecule has 2 heterocycles. The van der Waals surface area contributed by atoms with Gasteiger partial charge in [-0.15, -0.1) is 0 Å². The average Bonchev–Trinajstić information content (AvgIpc) is 3.10. The van der Waals surface area contributed by atoms with Crippen LogP contribution in [-0.2, 0) is 11.8 Å². The van der Waals surface area contributed by atoms with Crippen LogP contribution in [0.4, 0.5) is 4.79 Å². The number of hydrogen-bond acceptors (Lipinski definition) is 4. The highest BCUT2D eigenvalue weighted by atomic mass is 16.6. The van der Waals surface area contributed by atoms with Gasteiger partial charge in [0.05, 0.1) is 11.2 Å². The van der Waals surface area contributed by atoms with Crippen molar-refractivity contribution in [3.8, 4) is 0 Å². The van der Waals surface area contributed by atoms with E-state index in [1.807, 2.05) is 33.9 Å². The van der Waals surface area contributed by atoms with Crippen LogP contribution in [0.5, 0.6) is 0 Å². The number of aryl methyl sites for hydroxylation is 1. The lowest BCUT2D eigenvalue weighted by Crippen LogP contribution is -2.35. The molecule has 1 fully saturated rings. The average molecular weight is 344 g/mol. The Labute approximate surface area is 146 Å².